The van der Waals surface area contributed by atoms with Crippen molar-refractivity contribution in [2.75, 3.05) is 0 Å². The second kappa shape index (κ2) is 4.67. The topological polar surface area (TPSA) is 39.2 Å². The average Bonchev–Trinajstić information content (AvgIpc) is 2.37. The molecular formula is C14H11NO2. The van der Waals surface area contributed by atoms with Gasteiger partial charge in [-0.1, -0.05) is 30.2 Å². The van der Waals surface area contributed by atoms with Gasteiger partial charge in [-0.25, -0.2) is 9.78 Å². The molecule has 3 heteroatoms. The normalized spacial score (nSPS) is 11.8. The third-order valence-corrected chi connectivity index (χ3v) is 2.39. The Morgan fingerprint density at radius 2 is 2.18 bits per heavy atom. The molecule has 0 bridgehead atoms. The Bertz CT molecular complexity index is 593. The van der Waals surface area contributed by atoms with Gasteiger partial charge in [0.2, 0.25) is 0 Å². The molecule has 1 aromatic heterocycles. The Morgan fingerprint density at radius 3 is 2.94 bits per heavy atom. The van der Waals surface area contributed by atoms with Crippen molar-refractivity contribution in [1.29, 1.82) is 0 Å². The van der Waals surface area contributed by atoms with E-state index >= 15 is 0 Å². The predicted octanol–water partition coefficient (Wildman–Crippen LogP) is 2.41. The minimum Gasteiger partial charge on any atom is -0.445 e. The van der Waals surface area contributed by atoms with E-state index in [-0.39, 0.29) is 0 Å². The zero-order chi connectivity index (χ0) is 12.3. The summed E-state index contributed by atoms with van der Waals surface area (Å²) < 4.78 is 5.06. The first-order chi connectivity index (χ1) is 8.22. The van der Waals surface area contributed by atoms with E-state index in [2.05, 4.69) is 10.9 Å². The lowest BCUT2D eigenvalue weighted by Gasteiger charge is -2.08. The van der Waals surface area contributed by atoms with Crippen LogP contribution in [0.3, 0.4) is 0 Å². The second-order valence-electron chi connectivity index (χ2n) is 3.59. The largest absolute Gasteiger partial charge is 0.445 e. The quantitative estimate of drug-likeness (QED) is 0.582. The number of fused-ring (bicyclic) bond motifs is 1. The number of esters is 1. The first-order valence-electron chi connectivity index (χ1n) is 5.23. The number of carbonyl (C=O) groups excluding carboxylic acids is 1. The molecule has 0 amide bonds. The summed E-state index contributed by atoms with van der Waals surface area (Å²) in [6, 6.07) is 9.35. The van der Waals surface area contributed by atoms with Gasteiger partial charge in [0.15, 0.2) is 11.8 Å². The van der Waals surface area contributed by atoms with Crippen LogP contribution in [-0.2, 0) is 4.74 Å². The number of hydrogen-bond acceptors (Lipinski definition) is 3. The molecule has 0 aliphatic heterocycles. The summed E-state index contributed by atoms with van der Waals surface area (Å²) in [6.45, 7) is 1.64. The van der Waals surface area contributed by atoms with E-state index in [0.717, 1.165) is 10.8 Å². The van der Waals surface area contributed by atoms with Gasteiger partial charge in [0.1, 0.15) is 0 Å². The summed E-state index contributed by atoms with van der Waals surface area (Å²) in [7, 11) is 0. The molecule has 0 radical (unpaired) electrons. The molecule has 0 aliphatic carbocycles. The van der Waals surface area contributed by atoms with Crippen molar-refractivity contribution in [3.05, 3.63) is 42.2 Å². The molecule has 1 heterocycles. The third kappa shape index (κ3) is 2.26. The summed E-state index contributed by atoms with van der Waals surface area (Å²) in [5, 5.41) is 1.71. The predicted molar refractivity (Wildman–Crippen MR) is 65.5 cm³/mol. The molecule has 1 unspecified atom stereocenters. The summed E-state index contributed by atoms with van der Waals surface area (Å²) in [4.78, 5) is 15.9. The standard InChI is InChI=1S/C14H11NO2/c1-3-10(2)17-14(16)13-12-7-5-4-6-11(12)8-9-15-13/h1,4-10H,2H3. The molecule has 84 valence electrons. The van der Waals surface area contributed by atoms with Gasteiger partial charge in [-0.2, -0.15) is 0 Å². The Morgan fingerprint density at radius 1 is 1.41 bits per heavy atom. The molecule has 0 N–H and O–H groups in total. The van der Waals surface area contributed by atoms with Crippen molar-refractivity contribution in [3.63, 3.8) is 0 Å². The van der Waals surface area contributed by atoms with Gasteiger partial charge in [0.05, 0.1) is 0 Å². The zero-order valence-electron chi connectivity index (χ0n) is 9.38. The highest BCUT2D eigenvalue weighted by molar-refractivity contribution is 6.02. The van der Waals surface area contributed by atoms with Crippen molar-refractivity contribution in [2.45, 2.75) is 13.0 Å². The monoisotopic (exact) mass is 225 g/mol. The van der Waals surface area contributed by atoms with E-state index in [0.29, 0.717) is 5.69 Å². The second-order valence-corrected chi connectivity index (χ2v) is 3.59. The maximum absolute atomic E-state index is 11.8. The van der Waals surface area contributed by atoms with Crippen LogP contribution in [0.15, 0.2) is 36.5 Å². The molecule has 0 fully saturated rings. The summed E-state index contributed by atoms with van der Waals surface area (Å²) in [5.41, 5.74) is 0.296. The number of rotatable bonds is 2. The first kappa shape index (κ1) is 11.2. The Balaban J connectivity index is 2.42. The number of aromatic nitrogens is 1. The number of carbonyl (C=O) groups is 1. The molecule has 0 aliphatic rings. The van der Waals surface area contributed by atoms with Crippen LogP contribution < -0.4 is 0 Å². The third-order valence-electron chi connectivity index (χ3n) is 2.39. The van der Waals surface area contributed by atoms with Crippen molar-refractivity contribution in [1.82, 2.24) is 4.98 Å². The average molecular weight is 225 g/mol. The van der Waals surface area contributed by atoms with Crippen LogP contribution in [0.5, 0.6) is 0 Å². The van der Waals surface area contributed by atoms with Crippen LogP contribution in [0.4, 0.5) is 0 Å². The molecule has 3 nitrogen and oxygen atoms in total. The van der Waals surface area contributed by atoms with Crippen molar-refractivity contribution in [2.24, 2.45) is 0 Å². The fourth-order valence-corrected chi connectivity index (χ4v) is 1.53. The minimum atomic E-state index is -0.553. The van der Waals surface area contributed by atoms with E-state index in [9.17, 15) is 4.79 Å². The highest BCUT2D eigenvalue weighted by Crippen LogP contribution is 2.17. The van der Waals surface area contributed by atoms with Crippen LogP contribution in [0.2, 0.25) is 0 Å². The number of pyridine rings is 1. The Hall–Kier alpha value is -2.34. The number of ether oxygens (including phenoxy) is 1. The van der Waals surface area contributed by atoms with Gasteiger partial charge >= 0.3 is 5.97 Å². The molecular weight excluding hydrogens is 214 g/mol. The van der Waals surface area contributed by atoms with Gasteiger partial charge in [-0.3, -0.25) is 0 Å². The van der Waals surface area contributed by atoms with E-state index in [4.69, 9.17) is 11.2 Å². The molecule has 1 atom stereocenters. The summed E-state index contributed by atoms with van der Waals surface area (Å²) in [6.07, 6.45) is 6.19. The fourth-order valence-electron chi connectivity index (χ4n) is 1.53. The summed E-state index contributed by atoms with van der Waals surface area (Å²) >= 11 is 0. The van der Waals surface area contributed by atoms with Crippen LogP contribution >= 0.6 is 0 Å². The van der Waals surface area contributed by atoms with E-state index < -0.39 is 12.1 Å². The molecule has 2 aromatic rings. The van der Waals surface area contributed by atoms with Gasteiger partial charge in [0, 0.05) is 11.6 Å². The highest BCUT2D eigenvalue weighted by Gasteiger charge is 2.14. The highest BCUT2D eigenvalue weighted by atomic mass is 16.5. The molecule has 0 saturated carbocycles. The molecule has 2 rings (SSSR count). The lowest BCUT2D eigenvalue weighted by molar-refractivity contribution is 0.0434. The number of hydrogen-bond donors (Lipinski definition) is 0. The number of benzene rings is 1. The maximum atomic E-state index is 11.8. The summed E-state index contributed by atoms with van der Waals surface area (Å²) in [5.74, 6) is 1.85. The van der Waals surface area contributed by atoms with E-state index in [1.807, 2.05) is 30.3 Å². The molecule has 17 heavy (non-hydrogen) atoms. The van der Waals surface area contributed by atoms with Crippen LogP contribution in [-0.4, -0.2) is 17.1 Å². The molecule has 1 aromatic carbocycles. The van der Waals surface area contributed by atoms with Crippen molar-refractivity contribution in [3.8, 4) is 12.3 Å². The van der Waals surface area contributed by atoms with Crippen molar-refractivity contribution < 1.29 is 9.53 Å². The van der Waals surface area contributed by atoms with Gasteiger partial charge in [0.25, 0.3) is 0 Å². The number of nitrogens with zero attached hydrogens (tertiary/aromatic N) is 1. The zero-order valence-corrected chi connectivity index (χ0v) is 9.38. The lowest BCUT2D eigenvalue weighted by atomic mass is 10.1. The molecule has 0 saturated heterocycles. The lowest BCUT2D eigenvalue weighted by Crippen LogP contribution is -2.14. The van der Waals surface area contributed by atoms with Crippen LogP contribution in [0, 0.1) is 12.3 Å². The van der Waals surface area contributed by atoms with Crippen molar-refractivity contribution >= 4 is 16.7 Å². The van der Waals surface area contributed by atoms with Gasteiger partial charge in [-0.05, 0) is 18.4 Å². The molecule has 0 spiro atoms. The van der Waals surface area contributed by atoms with Gasteiger partial charge in [-0.15, -0.1) is 6.42 Å². The van der Waals surface area contributed by atoms with E-state index in [1.54, 1.807) is 13.1 Å². The Labute approximate surface area is 99.4 Å². The first-order valence-corrected chi connectivity index (χ1v) is 5.23. The number of terminal acetylenes is 1. The smallest absolute Gasteiger partial charge is 0.358 e. The SMILES string of the molecule is C#CC(C)OC(=O)c1nccc2ccccc12. The maximum Gasteiger partial charge on any atom is 0.358 e. The van der Waals surface area contributed by atoms with Crippen LogP contribution in [0.25, 0.3) is 10.8 Å². The minimum absolute atomic E-state index is 0.296. The van der Waals surface area contributed by atoms with E-state index in [1.165, 1.54) is 0 Å². The van der Waals surface area contributed by atoms with Crippen LogP contribution in [0.1, 0.15) is 17.4 Å². The fraction of sp³-hybridized carbons (Fsp3) is 0.143. The van der Waals surface area contributed by atoms with Gasteiger partial charge < -0.3 is 4.74 Å². The Kier molecular flexibility index (Phi) is 3.06.